The number of carbonyl (C=O) groups excluding carboxylic acids is 1. The molecule has 4 nitrogen and oxygen atoms in total. The lowest BCUT2D eigenvalue weighted by molar-refractivity contribution is -0.148. The van der Waals surface area contributed by atoms with Crippen LogP contribution < -0.4 is 4.74 Å². The van der Waals surface area contributed by atoms with E-state index < -0.39 is 0 Å². The van der Waals surface area contributed by atoms with Gasteiger partial charge in [-0.1, -0.05) is 35.9 Å². The SMILES string of the molecule is COC(=O)C1Cc2ccccc2CN1Cc1cc(Cl)ccc1OC. The van der Waals surface area contributed by atoms with E-state index in [1.165, 1.54) is 18.2 Å². The van der Waals surface area contributed by atoms with Crippen LogP contribution in [0, 0.1) is 0 Å². The predicted molar refractivity (Wildman–Crippen MR) is 93.2 cm³/mol. The highest BCUT2D eigenvalue weighted by Crippen LogP contribution is 2.29. The van der Waals surface area contributed by atoms with E-state index in [4.69, 9.17) is 21.1 Å². The number of fused-ring (bicyclic) bond motifs is 1. The van der Waals surface area contributed by atoms with Crippen LogP contribution in [0.1, 0.15) is 16.7 Å². The zero-order valence-electron chi connectivity index (χ0n) is 13.8. The minimum Gasteiger partial charge on any atom is -0.496 e. The highest BCUT2D eigenvalue weighted by Gasteiger charge is 2.32. The molecule has 0 fully saturated rings. The molecule has 0 spiro atoms. The van der Waals surface area contributed by atoms with Crippen molar-refractivity contribution < 1.29 is 14.3 Å². The van der Waals surface area contributed by atoms with Crippen molar-refractivity contribution in [2.75, 3.05) is 14.2 Å². The Hall–Kier alpha value is -2.04. The average molecular weight is 346 g/mol. The Morgan fingerprint density at radius 3 is 2.67 bits per heavy atom. The molecule has 2 aromatic carbocycles. The quantitative estimate of drug-likeness (QED) is 0.796. The van der Waals surface area contributed by atoms with Crippen LogP contribution in [0.2, 0.25) is 5.02 Å². The van der Waals surface area contributed by atoms with Crippen LogP contribution in [0.3, 0.4) is 0 Å². The van der Waals surface area contributed by atoms with Gasteiger partial charge < -0.3 is 9.47 Å². The number of ether oxygens (including phenoxy) is 2. The van der Waals surface area contributed by atoms with Gasteiger partial charge in [0.15, 0.2) is 0 Å². The lowest BCUT2D eigenvalue weighted by atomic mass is 9.93. The molecule has 0 radical (unpaired) electrons. The van der Waals surface area contributed by atoms with Gasteiger partial charge in [-0.05, 0) is 35.7 Å². The Morgan fingerprint density at radius 2 is 1.96 bits per heavy atom. The molecular formula is C19H20ClNO3. The third kappa shape index (κ3) is 3.40. The van der Waals surface area contributed by atoms with Crippen molar-refractivity contribution in [3.63, 3.8) is 0 Å². The summed E-state index contributed by atoms with van der Waals surface area (Å²) in [7, 11) is 3.07. The van der Waals surface area contributed by atoms with E-state index in [0.717, 1.165) is 11.3 Å². The Balaban J connectivity index is 1.92. The van der Waals surface area contributed by atoms with Gasteiger partial charge in [-0.3, -0.25) is 9.69 Å². The number of nitrogens with zero attached hydrogens (tertiary/aromatic N) is 1. The minimum atomic E-state index is -0.311. The fourth-order valence-electron chi connectivity index (χ4n) is 3.20. The van der Waals surface area contributed by atoms with Crippen molar-refractivity contribution in [3.05, 3.63) is 64.2 Å². The molecule has 0 aromatic heterocycles. The first-order chi connectivity index (χ1) is 11.6. The Morgan fingerprint density at radius 1 is 1.21 bits per heavy atom. The molecule has 1 aliphatic rings. The molecule has 5 heteroatoms. The molecule has 0 saturated carbocycles. The number of rotatable bonds is 4. The molecule has 126 valence electrons. The Labute approximate surface area is 146 Å². The lowest BCUT2D eigenvalue weighted by Gasteiger charge is -2.35. The van der Waals surface area contributed by atoms with Crippen molar-refractivity contribution in [3.8, 4) is 5.75 Å². The van der Waals surface area contributed by atoms with Gasteiger partial charge in [-0.25, -0.2) is 0 Å². The first-order valence-electron chi connectivity index (χ1n) is 7.83. The summed E-state index contributed by atoms with van der Waals surface area (Å²) in [4.78, 5) is 14.4. The third-order valence-electron chi connectivity index (χ3n) is 4.44. The first-order valence-corrected chi connectivity index (χ1v) is 8.21. The first kappa shape index (κ1) is 16.8. The van der Waals surface area contributed by atoms with Gasteiger partial charge >= 0.3 is 5.97 Å². The summed E-state index contributed by atoms with van der Waals surface area (Å²) in [5.41, 5.74) is 3.39. The van der Waals surface area contributed by atoms with Crippen molar-refractivity contribution in [1.82, 2.24) is 4.90 Å². The van der Waals surface area contributed by atoms with Gasteiger partial charge in [0.2, 0.25) is 0 Å². The van der Waals surface area contributed by atoms with Crippen molar-refractivity contribution in [2.45, 2.75) is 25.6 Å². The van der Waals surface area contributed by atoms with Gasteiger partial charge in [-0.15, -0.1) is 0 Å². The summed E-state index contributed by atoms with van der Waals surface area (Å²) in [6.45, 7) is 1.25. The Bertz CT molecular complexity index is 747. The zero-order chi connectivity index (χ0) is 17.1. The van der Waals surface area contributed by atoms with E-state index in [1.54, 1.807) is 13.2 Å². The summed E-state index contributed by atoms with van der Waals surface area (Å²) >= 11 is 6.13. The molecule has 3 rings (SSSR count). The predicted octanol–water partition coefficient (Wildman–Crippen LogP) is 3.45. The molecule has 0 bridgehead atoms. The average Bonchev–Trinajstić information content (AvgIpc) is 2.60. The van der Waals surface area contributed by atoms with Crippen LogP contribution in [-0.2, 0) is 29.0 Å². The molecule has 1 unspecified atom stereocenters. The number of hydrogen-bond acceptors (Lipinski definition) is 4. The fraction of sp³-hybridized carbons (Fsp3) is 0.316. The van der Waals surface area contributed by atoms with Crippen LogP contribution in [-0.4, -0.2) is 31.1 Å². The van der Waals surface area contributed by atoms with Gasteiger partial charge in [0.05, 0.1) is 14.2 Å². The molecule has 0 saturated heterocycles. The molecular weight excluding hydrogens is 326 g/mol. The maximum Gasteiger partial charge on any atom is 0.323 e. The van der Waals surface area contributed by atoms with E-state index in [1.807, 2.05) is 24.3 Å². The second kappa shape index (κ2) is 7.24. The van der Waals surface area contributed by atoms with Gasteiger partial charge in [0, 0.05) is 23.7 Å². The molecule has 0 N–H and O–H groups in total. The van der Waals surface area contributed by atoms with Crippen molar-refractivity contribution >= 4 is 17.6 Å². The van der Waals surface area contributed by atoms with Crippen LogP contribution in [0.25, 0.3) is 0 Å². The van der Waals surface area contributed by atoms with E-state index in [2.05, 4.69) is 17.0 Å². The number of halogens is 1. The number of hydrogen-bond donors (Lipinski definition) is 0. The summed E-state index contributed by atoms with van der Waals surface area (Å²) < 4.78 is 10.4. The molecule has 24 heavy (non-hydrogen) atoms. The minimum absolute atomic E-state index is 0.217. The van der Waals surface area contributed by atoms with Crippen molar-refractivity contribution in [1.29, 1.82) is 0 Å². The fourth-order valence-corrected chi connectivity index (χ4v) is 3.40. The smallest absolute Gasteiger partial charge is 0.323 e. The second-order valence-corrected chi connectivity index (χ2v) is 6.31. The molecule has 0 amide bonds. The molecule has 1 atom stereocenters. The standard InChI is InChI=1S/C19H20ClNO3/c1-23-18-8-7-16(20)9-15(18)12-21-11-14-6-4-3-5-13(14)10-17(21)19(22)24-2/h3-9,17H,10-12H2,1-2H3. The van der Waals surface area contributed by atoms with E-state index in [0.29, 0.717) is 24.5 Å². The van der Waals surface area contributed by atoms with Gasteiger partial charge in [0.25, 0.3) is 0 Å². The van der Waals surface area contributed by atoms with E-state index in [-0.39, 0.29) is 12.0 Å². The molecule has 0 aliphatic carbocycles. The van der Waals surface area contributed by atoms with Crippen LogP contribution in [0.4, 0.5) is 0 Å². The summed E-state index contributed by atoms with van der Waals surface area (Å²) in [6, 6.07) is 13.4. The topological polar surface area (TPSA) is 38.8 Å². The molecule has 1 aliphatic heterocycles. The second-order valence-electron chi connectivity index (χ2n) is 5.87. The van der Waals surface area contributed by atoms with Gasteiger partial charge in [0.1, 0.15) is 11.8 Å². The monoisotopic (exact) mass is 345 g/mol. The molecule has 2 aromatic rings. The van der Waals surface area contributed by atoms with Gasteiger partial charge in [-0.2, -0.15) is 0 Å². The highest BCUT2D eigenvalue weighted by atomic mass is 35.5. The maximum atomic E-state index is 12.3. The van der Waals surface area contributed by atoms with Crippen molar-refractivity contribution in [2.24, 2.45) is 0 Å². The summed E-state index contributed by atoms with van der Waals surface area (Å²) in [5.74, 6) is 0.548. The Kier molecular flexibility index (Phi) is 5.07. The van der Waals surface area contributed by atoms with Crippen LogP contribution in [0.15, 0.2) is 42.5 Å². The van der Waals surface area contributed by atoms with Crippen LogP contribution in [0.5, 0.6) is 5.75 Å². The number of benzene rings is 2. The number of methoxy groups -OCH3 is 2. The third-order valence-corrected chi connectivity index (χ3v) is 4.67. The maximum absolute atomic E-state index is 12.3. The van der Waals surface area contributed by atoms with Crippen LogP contribution >= 0.6 is 11.6 Å². The lowest BCUT2D eigenvalue weighted by Crippen LogP contribution is -2.45. The van der Waals surface area contributed by atoms with E-state index in [9.17, 15) is 4.79 Å². The number of esters is 1. The highest BCUT2D eigenvalue weighted by molar-refractivity contribution is 6.30. The summed E-state index contributed by atoms with van der Waals surface area (Å²) in [6.07, 6.45) is 0.645. The zero-order valence-corrected chi connectivity index (χ0v) is 14.5. The number of carbonyl (C=O) groups is 1. The summed E-state index contributed by atoms with van der Waals surface area (Å²) in [5, 5.41) is 0.651. The molecule has 1 heterocycles. The normalized spacial score (nSPS) is 17.2. The largest absolute Gasteiger partial charge is 0.496 e. The van der Waals surface area contributed by atoms with E-state index >= 15 is 0 Å².